The SMILES string of the molecule is CCC(O)(CC)CNC(=O)c1cc(F)ccc1Br. The highest BCUT2D eigenvalue weighted by molar-refractivity contribution is 9.10. The Balaban J connectivity index is 2.74. The summed E-state index contributed by atoms with van der Waals surface area (Å²) in [4.78, 5) is 11.9. The van der Waals surface area contributed by atoms with E-state index >= 15 is 0 Å². The summed E-state index contributed by atoms with van der Waals surface area (Å²) in [5, 5.41) is 12.7. The average Bonchev–Trinajstić information content (AvgIpc) is 2.38. The number of benzene rings is 1. The van der Waals surface area contributed by atoms with E-state index in [-0.39, 0.29) is 12.1 Å². The van der Waals surface area contributed by atoms with E-state index in [9.17, 15) is 14.3 Å². The summed E-state index contributed by atoms with van der Waals surface area (Å²) in [6.07, 6.45) is 1.10. The molecule has 1 rings (SSSR count). The van der Waals surface area contributed by atoms with E-state index in [1.807, 2.05) is 13.8 Å². The largest absolute Gasteiger partial charge is 0.388 e. The van der Waals surface area contributed by atoms with Gasteiger partial charge in [0.15, 0.2) is 0 Å². The number of nitrogens with one attached hydrogen (secondary N) is 1. The Kier molecular flexibility index (Phi) is 5.28. The molecule has 0 saturated carbocycles. The summed E-state index contributed by atoms with van der Waals surface area (Å²) in [5.74, 6) is -0.869. The lowest BCUT2D eigenvalue weighted by Gasteiger charge is -2.25. The second-order valence-electron chi connectivity index (χ2n) is 4.24. The molecule has 5 heteroatoms. The highest BCUT2D eigenvalue weighted by Crippen LogP contribution is 2.18. The van der Waals surface area contributed by atoms with Gasteiger partial charge in [0.1, 0.15) is 5.82 Å². The molecule has 1 aromatic carbocycles. The first-order valence-corrected chi connectivity index (χ1v) is 6.67. The highest BCUT2D eigenvalue weighted by Gasteiger charge is 2.23. The van der Waals surface area contributed by atoms with Gasteiger partial charge in [-0.05, 0) is 47.0 Å². The van der Waals surface area contributed by atoms with Crippen molar-refractivity contribution in [3.05, 3.63) is 34.1 Å². The first-order valence-electron chi connectivity index (χ1n) is 5.87. The van der Waals surface area contributed by atoms with Crippen LogP contribution in [0.15, 0.2) is 22.7 Å². The van der Waals surface area contributed by atoms with E-state index < -0.39 is 17.3 Å². The maximum Gasteiger partial charge on any atom is 0.252 e. The Labute approximate surface area is 115 Å². The van der Waals surface area contributed by atoms with Crippen LogP contribution >= 0.6 is 15.9 Å². The van der Waals surface area contributed by atoms with E-state index in [1.165, 1.54) is 12.1 Å². The number of carbonyl (C=O) groups is 1. The Hall–Kier alpha value is -0.940. The Morgan fingerprint density at radius 2 is 2.06 bits per heavy atom. The van der Waals surface area contributed by atoms with E-state index in [1.54, 1.807) is 0 Å². The van der Waals surface area contributed by atoms with Gasteiger partial charge in [-0.2, -0.15) is 0 Å². The average molecular weight is 318 g/mol. The molecule has 0 spiro atoms. The van der Waals surface area contributed by atoms with Crippen LogP contribution in [0.5, 0.6) is 0 Å². The molecule has 1 aromatic rings. The summed E-state index contributed by atoms with van der Waals surface area (Å²) in [5.41, 5.74) is -0.681. The Morgan fingerprint density at radius 1 is 1.44 bits per heavy atom. The molecule has 0 aromatic heterocycles. The molecule has 0 aliphatic heterocycles. The van der Waals surface area contributed by atoms with Gasteiger partial charge in [0, 0.05) is 11.0 Å². The van der Waals surface area contributed by atoms with Gasteiger partial charge in [0.05, 0.1) is 11.2 Å². The van der Waals surface area contributed by atoms with Gasteiger partial charge in [-0.25, -0.2) is 4.39 Å². The second-order valence-corrected chi connectivity index (χ2v) is 5.09. The molecule has 0 bridgehead atoms. The third-order valence-corrected chi connectivity index (χ3v) is 3.76. The third kappa shape index (κ3) is 3.78. The fourth-order valence-corrected chi connectivity index (χ4v) is 1.94. The molecule has 0 saturated heterocycles. The van der Waals surface area contributed by atoms with Crippen LogP contribution in [0.3, 0.4) is 0 Å². The minimum Gasteiger partial charge on any atom is -0.388 e. The van der Waals surface area contributed by atoms with Crippen molar-refractivity contribution in [1.29, 1.82) is 0 Å². The van der Waals surface area contributed by atoms with Crippen LogP contribution in [0.2, 0.25) is 0 Å². The molecule has 0 unspecified atom stereocenters. The van der Waals surface area contributed by atoms with Crippen LogP contribution in [-0.4, -0.2) is 23.2 Å². The minimum absolute atomic E-state index is 0.155. The zero-order chi connectivity index (χ0) is 13.8. The standard InChI is InChI=1S/C13H17BrFNO2/c1-3-13(18,4-2)8-16-12(17)10-7-9(15)5-6-11(10)14/h5-7,18H,3-4,8H2,1-2H3,(H,16,17). The van der Waals surface area contributed by atoms with Gasteiger partial charge in [-0.15, -0.1) is 0 Å². The first kappa shape index (κ1) is 15.1. The predicted octanol–water partition coefficient (Wildman–Crippen LogP) is 2.87. The Morgan fingerprint density at radius 3 is 2.61 bits per heavy atom. The number of hydrogen-bond donors (Lipinski definition) is 2. The first-order chi connectivity index (χ1) is 8.41. The summed E-state index contributed by atoms with van der Waals surface area (Å²) in [6, 6.07) is 3.92. The fourth-order valence-electron chi connectivity index (χ4n) is 1.51. The zero-order valence-electron chi connectivity index (χ0n) is 10.5. The van der Waals surface area contributed by atoms with Crippen molar-refractivity contribution in [3.8, 4) is 0 Å². The normalized spacial score (nSPS) is 11.4. The van der Waals surface area contributed by atoms with Gasteiger partial charge in [-0.1, -0.05) is 13.8 Å². The quantitative estimate of drug-likeness (QED) is 0.877. The van der Waals surface area contributed by atoms with E-state index in [0.29, 0.717) is 17.3 Å². The van der Waals surface area contributed by atoms with Gasteiger partial charge in [0.25, 0.3) is 5.91 Å². The van der Waals surface area contributed by atoms with Crippen LogP contribution in [-0.2, 0) is 0 Å². The molecular weight excluding hydrogens is 301 g/mol. The Bertz CT molecular complexity index is 433. The smallest absolute Gasteiger partial charge is 0.252 e. The van der Waals surface area contributed by atoms with Crippen molar-refractivity contribution in [2.45, 2.75) is 32.3 Å². The third-order valence-electron chi connectivity index (χ3n) is 3.07. The summed E-state index contributed by atoms with van der Waals surface area (Å²) in [6.45, 7) is 3.86. The van der Waals surface area contributed by atoms with Gasteiger partial charge in [-0.3, -0.25) is 4.79 Å². The minimum atomic E-state index is -0.907. The molecule has 1 amide bonds. The monoisotopic (exact) mass is 317 g/mol. The maximum atomic E-state index is 13.1. The number of aliphatic hydroxyl groups is 1. The van der Waals surface area contributed by atoms with Crippen LogP contribution < -0.4 is 5.32 Å². The van der Waals surface area contributed by atoms with E-state index in [0.717, 1.165) is 6.07 Å². The topological polar surface area (TPSA) is 49.3 Å². The number of rotatable bonds is 5. The molecule has 0 atom stereocenters. The highest BCUT2D eigenvalue weighted by atomic mass is 79.9. The van der Waals surface area contributed by atoms with Crippen molar-refractivity contribution in [2.75, 3.05) is 6.54 Å². The molecular formula is C13H17BrFNO2. The van der Waals surface area contributed by atoms with Crippen molar-refractivity contribution >= 4 is 21.8 Å². The number of amides is 1. The molecule has 0 fully saturated rings. The summed E-state index contributed by atoms with van der Waals surface area (Å²) in [7, 11) is 0. The fraction of sp³-hybridized carbons (Fsp3) is 0.462. The number of hydrogen-bond acceptors (Lipinski definition) is 2. The van der Waals surface area contributed by atoms with Crippen molar-refractivity contribution in [1.82, 2.24) is 5.32 Å². The van der Waals surface area contributed by atoms with Crippen molar-refractivity contribution < 1.29 is 14.3 Å². The molecule has 3 nitrogen and oxygen atoms in total. The van der Waals surface area contributed by atoms with Crippen LogP contribution in [0.4, 0.5) is 4.39 Å². The predicted molar refractivity (Wildman–Crippen MR) is 72.0 cm³/mol. The number of carbonyl (C=O) groups excluding carboxylic acids is 1. The molecule has 18 heavy (non-hydrogen) atoms. The van der Waals surface area contributed by atoms with E-state index in [2.05, 4.69) is 21.2 Å². The summed E-state index contributed by atoms with van der Waals surface area (Å²) >= 11 is 3.20. The molecule has 2 N–H and O–H groups in total. The summed E-state index contributed by atoms with van der Waals surface area (Å²) < 4.78 is 13.6. The van der Waals surface area contributed by atoms with E-state index in [4.69, 9.17) is 0 Å². The lowest BCUT2D eigenvalue weighted by molar-refractivity contribution is 0.0314. The molecule has 100 valence electrons. The van der Waals surface area contributed by atoms with Gasteiger partial charge in [0.2, 0.25) is 0 Å². The molecule has 0 radical (unpaired) electrons. The molecule has 0 aliphatic rings. The van der Waals surface area contributed by atoms with Crippen molar-refractivity contribution in [3.63, 3.8) is 0 Å². The second kappa shape index (κ2) is 6.29. The lowest BCUT2D eigenvalue weighted by atomic mass is 9.97. The van der Waals surface area contributed by atoms with Crippen LogP contribution in [0.25, 0.3) is 0 Å². The van der Waals surface area contributed by atoms with Crippen molar-refractivity contribution in [2.24, 2.45) is 0 Å². The van der Waals surface area contributed by atoms with Gasteiger partial charge >= 0.3 is 0 Å². The zero-order valence-corrected chi connectivity index (χ0v) is 12.1. The molecule has 0 aliphatic carbocycles. The van der Waals surface area contributed by atoms with Crippen LogP contribution in [0.1, 0.15) is 37.0 Å². The van der Waals surface area contributed by atoms with Crippen LogP contribution in [0, 0.1) is 5.82 Å². The molecule has 0 heterocycles. The maximum absolute atomic E-state index is 13.1. The number of halogens is 2. The van der Waals surface area contributed by atoms with Gasteiger partial charge < -0.3 is 10.4 Å². The lowest BCUT2D eigenvalue weighted by Crippen LogP contribution is -2.42.